The molecule has 0 aromatic carbocycles. The van der Waals surface area contributed by atoms with E-state index in [1.165, 1.54) is 0 Å². The number of carbonyl (C=O) groups excluding carboxylic acids is 1. The van der Waals surface area contributed by atoms with E-state index in [9.17, 15) is 4.79 Å². The van der Waals surface area contributed by atoms with Crippen LogP contribution in [-0.4, -0.2) is 41.0 Å². The van der Waals surface area contributed by atoms with Crippen LogP contribution in [0.15, 0.2) is 0 Å². The van der Waals surface area contributed by atoms with Crippen molar-refractivity contribution < 1.29 is 14.3 Å². The summed E-state index contributed by atoms with van der Waals surface area (Å²) in [5.74, 6) is -0.0351. The van der Waals surface area contributed by atoms with Crippen LogP contribution in [0.3, 0.4) is 0 Å². The third-order valence-electron chi connectivity index (χ3n) is 4.47. The van der Waals surface area contributed by atoms with Crippen molar-refractivity contribution in [1.29, 1.82) is 0 Å². The topological polar surface area (TPSA) is 65.4 Å². The second kappa shape index (κ2) is 5.42. The number of amides is 1. The van der Waals surface area contributed by atoms with Crippen LogP contribution in [-0.2, 0) is 22.9 Å². The van der Waals surface area contributed by atoms with Gasteiger partial charge in [-0.3, -0.25) is 9.48 Å². The van der Waals surface area contributed by atoms with Crippen molar-refractivity contribution in [2.24, 2.45) is 7.05 Å². The van der Waals surface area contributed by atoms with Gasteiger partial charge in [-0.15, -0.1) is 0 Å². The fraction of sp³-hybridized carbons (Fsp3) is 0.733. The zero-order valence-electron chi connectivity index (χ0n) is 13.0. The van der Waals surface area contributed by atoms with E-state index in [1.807, 2.05) is 20.9 Å². The van der Waals surface area contributed by atoms with Crippen molar-refractivity contribution in [3.05, 3.63) is 17.0 Å². The summed E-state index contributed by atoms with van der Waals surface area (Å²) in [6.07, 6.45) is 2.85. The van der Waals surface area contributed by atoms with Crippen LogP contribution in [0, 0.1) is 0 Å². The van der Waals surface area contributed by atoms with Gasteiger partial charge in [0, 0.05) is 32.2 Å². The Morgan fingerprint density at radius 2 is 2.14 bits per heavy atom. The van der Waals surface area contributed by atoms with Gasteiger partial charge in [0.2, 0.25) is 0 Å². The quantitative estimate of drug-likeness (QED) is 0.913. The van der Waals surface area contributed by atoms with Gasteiger partial charge in [0.15, 0.2) is 0 Å². The minimum absolute atomic E-state index is 0.0351. The molecule has 1 fully saturated rings. The molecule has 0 bridgehead atoms. The lowest BCUT2D eigenvalue weighted by atomic mass is 9.89. The summed E-state index contributed by atoms with van der Waals surface area (Å²) < 4.78 is 12.7. The molecule has 1 aliphatic heterocycles. The van der Waals surface area contributed by atoms with E-state index in [0.29, 0.717) is 5.69 Å². The minimum Gasteiger partial charge on any atom is -0.381 e. The monoisotopic (exact) mass is 293 g/mol. The number of carbonyl (C=O) groups is 1. The molecule has 0 radical (unpaired) electrons. The van der Waals surface area contributed by atoms with E-state index < -0.39 is 0 Å². The molecular weight excluding hydrogens is 270 g/mol. The van der Waals surface area contributed by atoms with Gasteiger partial charge in [-0.25, -0.2) is 0 Å². The number of fused-ring (bicyclic) bond motifs is 1. The van der Waals surface area contributed by atoms with E-state index in [1.54, 1.807) is 11.8 Å². The summed E-state index contributed by atoms with van der Waals surface area (Å²) in [5.41, 5.74) is 2.60. The molecule has 1 aromatic rings. The Labute approximate surface area is 124 Å². The average Bonchev–Trinajstić information content (AvgIpc) is 2.69. The summed E-state index contributed by atoms with van der Waals surface area (Å²) in [4.78, 5) is 12.6. The number of methoxy groups -OCH3 is 1. The van der Waals surface area contributed by atoms with Crippen LogP contribution in [0.2, 0.25) is 0 Å². The maximum Gasteiger partial charge on any atom is 0.270 e. The summed E-state index contributed by atoms with van der Waals surface area (Å²) in [6.45, 7) is 4.02. The van der Waals surface area contributed by atoms with Crippen molar-refractivity contribution in [1.82, 2.24) is 15.1 Å². The standard InChI is InChI=1S/C15H23N3O3/c1-8-5-12-13(9(2)21-8)17-18(3)14(12)15(19)16-10-6-11(7-10)20-4/h8-11H,5-7H2,1-4H3,(H,16,19)/t8-,9+,10?,11?/m1/s1. The predicted molar refractivity (Wildman–Crippen MR) is 77.2 cm³/mol. The molecule has 0 saturated heterocycles. The highest BCUT2D eigenvalue weighted by Crippen LogP contribution is 2.31. The number of nitrogens with zero attached hydrogens (tertiary/aromatic N) is 2. The van der Waals surface area contributed by atoms with Crippen molar-refractivity contribution >= 4 is 5.91 Å². The van der Waals surface area contributed by atoms with Crippen molar-refractivity contribution in [3.63, 3.8) is 0 Å². The SMILES string of the molecule is COC1CC(NC(=O)c2c3c(nn2C)[C@H](C)O[C@H](C)C3)C1. The number of hydrogen-bond acceptors (Lipinski definition) is 4. The van der Waals surface area contributed by atoms with Crippen LogP contribution in [0.25, 0.3) is 0 Å². The second-order valence-corrected chi connectivity index (χ2v) is 6.13. The molecule has 2 aliphatic rings. The van der Waals surface area contributed by atoms with Crippen molar-refractivity contribution in [3.8, 4) is 0 Å². The summed E-state index contributed by atoms with van der Waals surface area (Å²) in [5, 5.41) is 7.56. The second-order valence-electron chi connectivity index (χ2n) is 6.13. The highest BCUT2D eigenvalue weighted by molar-refractivity contribution is 5.94. The molecule has 2 heterocycles. The van der Waals surface area contributed by atoms with Crippen LogP contribution >= 0.6 is 0 Å². The summed E-state index contributed by atoms with van der Waals surface area (Å²) in [6, 6.07) is 0.211. The minimum atomic E-state index is -0.0573. The number of aromatic nitrogens is 2. The number of aryl methyl sites for hydroxylation is 1. The first-order chi connectivity index (χ1) is 9.99. The van der Waals surface area contributed by atoms with Gasteiger partial charge < -0.3 is 14.8 Å². The van der Waals surface area contributed by atoms with Gasteiger partial charge in [-0.2, -0.15) is 5.10 Å². The molecule has 6 heteroatoms. The van der Waals surface area contributed by atoms with Crippen LogP contribution in [0.4, 0.5) is 0 Å². The Balaban J connectivity index is 1.78. The van der Waals surface area contributed by atoms with Crippen molar-refractivity contribution in [2.75, 3.05) is 7.11 Å². The number of hydrogen-bond donors (Lipinski definition) is 1. The van der Waals surface area contributed by atoms with Gasteiger partial charge in [0.05, 0.1) is 24.0 Å². The zero-order valence-corrected chi connectivity index (χ0v) is 13.0. The first-order valence-electron chi connectivity index (χ1n) is 7.54. The largest absolute Gasteiger partial charge is 0.381 e. The van der Waals surface area contributed by atoms with Gasteiger partial charge >= 0.3 is 0 Å². The Hall–Kier alpha value is -1.40. The average molecular weight is 293 g/mol. The molecule has 0 spiro atoms. The normalized spacial score (nSPS) is 31.4. The maximum atomic E-state index is 12.6. The van der Waals surface area contributed by atoms with Gasteiger partial charge in [-0.1, -0.05) is 0 Å². The molecule has 1 saturated carbocycles. The number of ether oxygens (including phenoxy) is 2. The molecule has 1 aromatic heterocycles. The fourth-order valence-electron chi connectivity index (χ4n) is 3.28. The van der Waals surface area contributed by atoms with E-state index >= 15 is 0 Å². The summed E-state index contributed by atoms with van der Waals surface area (Å²) in [7, 11) is 3.53. The molecule has 1 N–H and O–H groups in total. The molecular formula is C15H23N3O3. The zero-order chi connectivity index (χ0) is 15.1. The lowest BCUT2D eigenvalue weighted by Crippen LogP contribution is -2.48. The third kappa shape index (κ3) is 2.58. The van der Waals surface area contributed by atoms with Crippen LogP contribution < -0.4 is 5.32 Å². The van der Waals surface area contributed by atoms with Crippen molar-refractivity contribution in [2.45, 2.75) is 57.5 Å². The first-order valence-corrected chi connectivity index (χ1v) is 7.54. The lowest BCUT2D eigenvalue weighted by Gasteiger charge is -2.34. The van der Waals surface area contributed by atoms with Gasteiger partial charge in [0.25, 0.3) is 5.91 Å². The van der Waals surface area contributed by atoms with E-state index in [4.69, 9.17) is 9.47 Å². The van der Waals surface area contributed by atoms with Crippen LogP contribution in [0.1, 0.15) is 54.5 Å². The summed E-state index contributed by atoms with van der Waals surface area (Å²) >= 11 is 0. The molecule has 3 rings (SSSR count). The molecule has 116 valence electrons. The Morgan fingerprint density at radius 1 is 1.43 bits per heavy atom. The fourth-order valence-corrected chi connectivity index (χ4v) is 3.28. The molecule has 6 nitrogen and oxygen atoms in total. The first kappa shape index (κ1) is 14.5. The molecule has 21 heavy (non-hydrogen) atoms. The molecule has 0 unspecified atom stereocenters. The lowest BCUT2D eigenvalue weighted by molar-refractivity contribution is -0.00712. The predicted octanol–water partition coefficient (Wildman–Crippen LogP) is 1.35. The van der Waals surface area contributed by atoms with E-state index in [0.717, 1.165) is 30.5 Å². The Kier molecular flexibility index (Phi) is 3.75. The number of nitrogens with one attached hydrogen (secondary N) is 1. The molecule has 1 amide bonds. The van der Waals surface area contributed by atoms with Crippen LogP contribution in [0.5, 0.6) is 0 Å². The Bertz CT molecular complexity index is 549. The van der Waals surface area contributed by atoms with E-state index in [2.05, 4.69) is 10.4 Å². The molecule has 2 atom stereocenters. The number of rotatable bonds is 3. The van der Waals surface area contributed by atoms with Gasteiger partial charge in [-0.05, 0) is 26.7 Å². The van der Waals surface area contributed by atoms with Gasteiger partial charge in [0.1, 0.15) is 5.69 Å². The van der Waals surface area contributed by atoms with E-state index in [-0.39, 0.29) is 30.3 Å². The Morgan fingerprint density at radius 3 is 2.81 bits per heavy atom. The smallest absolute Gasteiger partial charge is 0.270 e. The third-order valence-corrected chi connectivity index (χ3v) is 4.47. The molecule has 1 aliphatic carbocycles. The highest BCUT2D eigenvalue weighted by atomic mass is 16.5. The highest BCUT2D eigenvalue weighted by Gasteiger charge is 2.34. The maximum absolute atomic E-state index is 12.6.